The van der Waals surface area contributed by atoms with E-state index < -0.39 is 0 Å². The first-order valence-electron chi connectivity index (χ1n) is 20.8. The molecule has 0 radical (unpaired) electrons. The largest absolute Gasteiger partial charge is 1.00 e. The number of ether oxygens (including phenoxy) is 2. The molecule has 0 spiro atoms. The second-order valence-electron chi connectivity index (χ2n) is 15.2. The van der Waals surface area contributed by atoms with Crippen molar-refractivity contribution >= 4 is 49.7 Å². The third-order valence-electron chi connectivity index (χ3n) is 11.1. The van der Waals surface area contributed by atoms with Crippen LogP contribution in [0.5, 0.6) is 11.5 Å². The molecular formula is C54H54Br2I2N4O2. The molecule has 6 nitrogen and oxygen atoms in total. The zero-order valence-electron chi connectivity index (χ0n) is 37.2. The van der Waals surface area contributed by atoms with Crippen molar-refractivity contribution in [3.8, 4) is 62.3 Å². The fourth-order valence-electron chi connectivity index (χ4n) is 7.21. The zero-order chi connectivity index (χ0) is 44.0. The Balaban J connectivity index is 0.000000307. The molecule has 10 heteroatoms. The molecule has 330 valence electrons. The molecule has 0 saturated heterocycles. The number of aryl methyl sites for hydroxylation is 1. The Morgan fingerprint density at radius 1 is 0.562 bits per heavy atom. The molecule has 0 amide bonds. The van der Waals surface area contributed by atoms with E-state index in [2.05, 4.69) is 214 Å². The quantitative estimate of drug-likeness (QED) is 0.0656. The average Bonchev–Trinajstić information content (AvgIpc) is 3.30. The molecular weight excluding hydrogens is 1150 g/mol. The van der Waals surface area contributed by atoms with Gasteiger partial charge in [0.1, 0.15) is 25.6 Å². The smallest absolute Gasteiger partial charge is 0.213 e. The Bertz CT molecular complexity index is 2630. The van der Waals surface area contributed by atoms with E-state index in [-0.39, 0.29) is 48.0 Å². The molecule has 5 aromatic carbocycles. The third kappa shape index (κ3) is 14.2. The maximum atomic E-state index is 8.70. The maximum absolute atomic E-state index is 8.70. The zero-order valence-corrected chi connectivity index (χ0v) is 44.7. The summed E-state index contributed by atoms with van der Waals surface area (Å²) in [4.78, 5) is 2.28. The van der Waals surface area contributed by atoms with Gasteiger partial charge in [-0.15, -0.1) is 0 Å². The predicted molar refractivity (Wildman–Crippen MR) is 263 cm³/mol. The van der Waals surface area contributed by atoms with Gasteiger partial charge >= 0.3 is 0 Å². The van der Waals surface area contributed by atoms with Crippen LogP contribution in [0.4, 0.5) is 5.69 Å². The van der Waals surface area contributed by atoms with Crippen molar-refractivity contribution in [2.75, 3.05) is 32.7 Å². The van der Waals surface area contributed by atoms with Crippen LogP contribution in [-0.2, 0) is 14.1 Å². The highest BCUT2D eigenvalue weighted by Gasteiger charge is 2.18. The van der Waals surface area contributed by atoms with Crippen LogP contribution in [0, 0.1) is 18.3 Å². The highest BCUT2D eigenvalue weighted by atomic mass is 127. The SMILES string of the molecule is COc1ccc(-c2cc(/C=C/c3ccc(N(C)CCCCCC#N)cc3)[n+](C)c(-c3ccc(Br)cc3)c2)cc1.COc1ccc(-c2cc(C)[n+](C)c(-c3ccc(Br)cc3)c2)cc1.[I-].[I-]. The lowest BCUT2D eigenvalue weighted by molar-refractivity contribution is -0.666. The van der Waals surface area contributed by atoms with Crippen molar-refractivity contribution in [3.05, 3.63) is 171 Å². The third-order valence-corrected chi connectivity index (χ3v) is 12.1. The number of unbranched alkanes of at least 4 members (excludes halogenated alkanes) is 3. The van der Waals surface area contributed by atoms with Crippen molar-refractivity contribution in [1.29, 1.82) is 5.26 Å². The molecule has 7 aromatic rings. The second-order valence-corrected chi connectivity index (χ2v) is 17.1. The number of halogens is 4. The van der Waals surface area contributed by atoms with Gasteiger partial charge in [0.05, 0.1) is 20.3 Å². The standard InChI is InChI=1S/C34H35BrN3O.C20H19BrNO.2HI/c1-37(23-7-5-4-6-22-36)31-17-8-26(9-18-31)10-19-32-24-29(27-13-20-33(39-3)21-14-27)25-34(38(32)2)28-11-15-30(35)16-12-28;1-14-12-17(15-6-10-19(23-3)11-7-15)13-20(22(14)2)16-4-8-18(21)9-5-16;;/h8-21,24-25H,4-7,23H2,1-3H3;4-13H,1-3H3;2*1H/q2*+1;;/p-2. The van der Waals surface area contributed by atoms with Gasteiger partial charge in [-0.2, -0.15) is 14.4 Å². The number of benzene rings is 5. The highest BCUT2D eigenvalue weighted by Crippen LogP contribution is 2.30. The first kappa shape index (κ1) is 52.1. The first-order chi connectivity index (χ1) is 30.1. The van der Waals surface area contributed by atoms with Gasteiger partial charge in [-0.05, 0) is 132 Å². The molecule has 0 fully saturated rings. The van der Waals surface area contributed by atoms with E-state index in [0.717, 1.165) is 79.9 Å². The summed E-state index contributed by atoms with van der Waals surface area (Å²) in [6.07, 6.45) is 8.17. The summed E-state index contributed by atoms with van der Waals surface area (Å²) in [7, 11) is 9.72. The lowest BCUT2D eigenvalue weighted by atomic mass is 10.0. The van der Waals surface area contributed by atoms with Crippen LogP contribution >= 0.6 is 31.9 Å². The Labute approximate surface area is 430 Å². The summed E-state index contributed by atoms with van der Waals surface area (Å²) in [6.45, 7) is 3.13. The summed E-state index contributed by atoms with van der Waals surface area (Å²) < 4.78 is 17.2. The lowest BCUT2D eigenvalue weighted by Crippen LogP contribution is -3.00. The lowest BCUT2D eigenvalue weighted by Gasteiger charge is -2.19. The van der Waals surface area contributed by atoms with Gasteiger partial charge in [-0.1, -0.05) is 74.7 Å². The van der Waals surface area contributed by atoms with Crippen molar-refractivity contribution < 1.29 is 66.6 Å². The fraction of sp³-hybridized carbons (Fsp3) is 0.204. The number of hydrogen-bond acceptors (Lipinski definition) is 4. The molecule has 2 heterocycles. The molecule has 7 rings (SSSR count). The predicted octanol–water partition coefficient (Wildman–Crippen LogP) is 7.24. The van der Waals surface area contributed by atoms with Gasteiger partial charge < -0.3 is 62.3 Å². The molecule has 0 unspecified atom stereocenters. The van der Waals surface area contributed by atoms with Crippen LogP contribution in [0.15, 0.2) is 155 Å². The molecule has 0 N–H and O–H groups in total. The summed E-state index contributed by atoms with van der Waals surface area (Å²) >= 11 is 7.06. The highest BCUT2D eigenvalue weighted by molar-refractivity contribution is 9.10. The van der Waals surface area contributed by atoms with Crippen LogP contribution in [0.3, 0.4) is 0 Å². The van der Waals surface area contributed by atoms with Gasteiger partial charge in [0, 0.05) is 83.0 Å². The fourth-order valence-corrected chi connectivity index (χ4v) is 7.74. The van der Waals surface area contributed by atoms with Crippen molar-refractivity contribution in [2.24, 2.45) is 14.1 Å². The van der Waals surface area contributed by atoms with E-state index in [0.29, 0.717) is 6.42 Å². The van der Waals surface area contributed by atoms with Crippen LogP contribution in [0.2, 0.25) is 0 Å². The Morgan fingerprint density at radius 3 is 1.52 bits per heavy atom. The van der Waals surface area contributed by atoms with E-state index in [1.165, 1.54) is 33.8 Å². The number of aromatic nitrogens is 2. The van der Waals surface area contributed by atoms with E-state index in [9.17, 15) is 0 Å². The molecule has 2 aromatic heterocycles. The van der Waals surface area contributed by atoms with Crippen LogP contribution in [-0.4, -0.2) is 27.8 Å². The summed E-state index contributed by atoms with van der Waals surface area (Å²) in [5, 5.41) is 8.70. The van der Waals surface area contributed by atoms with Crippen molar-refractivity contribution in [3.63, 3.8) is 0 Å². The molecule has 0 aliphatic rings. The molecule has 64 heavy (non-hydrogen) atoms. The second kappa shape index (κ2) is 25.8. The number of pyridine rings is 2. The van der Waals surface area contributed by atoms with Crippen molar-refractivity contribution in [2.45, 2.75) is 32.6 Å². The van der Waals surface area contributed by atoms with Gasteiger partial charge in [-0.3, -0.25) is 0 Å². The van der Waals surface area contributed by atoms with Crippen LogP contribution in [0.1, 0.15) is 42.6 Å². The summed E-state index contributed by atoms with van der Waals surface area (Å²) in [6, 6.07) is 53.1. The van der Waals surface area contributed by atoms with Crippen molar-refractivity contribution in [1.82, 2.24) is 0 Å². The minimum absolute atomic E-state index is 0. The topological polar surface area (TPSA) is 53.3 Å². The van der Waals surface area contributed by atoms with E-state index in [1.54, 1.807) is 14.2 Å². The van der Waals surface area contributed by atoms with E-state index >= 15 is 0 Å². The van der Waals surface area contributed by atoms with Gasteiger partial charge in [0.15, 0.2) is 5.69 Å². The average molecular weight is 1200 g/mol. The number of anilines is 1. The number of nitriles is 1. The minimum atomic E-state index is 0. The summed E-state index contributed by atoms with van der Waals surface area (Å²) in [5.41, 5.74) is 14.1. The van der Waals surface area contributed by atoms with Crippen LogP contribution < -0.4 is 71.5 Å². The van der Waals surface area contributed by atoms with E-state index in [4.69, 9.17) is 14.7 Å². The Hall–Kier alpha value is -4.55. The van der Waals surface area contributed by atoms with Gasteiger partial charge in [-0.25, -0.2) is 0 Å². The summed E-state index contributed by atoms with van der Waals surface area (Å²) in [5.74, 6) is 1.72. The first-order valence-corrected chi connectivity index (χ1v) is 22.4. The molecule has 0 saturated carbocycles. The number of nitrogens with zero attached hydrogens (tertiary/aromatic N) is 4. The Morgan fingerprint density at radius 2 is 1.03 bits per heavy atom. The van der Waals surface area contributed by atoms with Gasteiger partial charge in [0.2, 0.25) is 17.1 Å². The Kier molecular flexibility index (Phi) is 21.0. The van der Waals surface area contributed by atoms with Gasteiger partial charge in [0.25, 0.3) is 0 Å². The number of methoxy groups -OCH3 is 2. The normalized spacial score (nSPS) is 10.5. The molecule has 0 aliphatic heterocycles. The van der Waals surface area contributed by atoms with Crippen LogP contribution in [0.25, 0.3) is 56.9 Å². The molecule has 0 aliphatic carbocycles. The molecule has 0 bridgehead atoms. The maximum Gasteiger partial charge on any atom is 0.213 e. The minimum Gasteiger partial charge on any atom is -1.00 e. The van der Waals surface area contributed by atoms with E-state index in [1.807, 2.05) is 24.3 Å². The number of rotatable bonds is 14. The molecule has 0 atom stereocenters. The number of hydrogen-bond donors (Lipinski definition) is 0. The monoisotopic (exact) mass is 1200 g/mol.